The summed E-state index contributed by atoms with van der Waals surface area (Å²) >= 11 is 0. The number of rotatable bonds is 11. The van der Waals surface area contributed by atoms with E-state index in [0.29, 0.717) is 35.3 Å². The molecular weight excluding hydrogens is 492 g/mol. The summed E-state index contributed by atoms with van der Waals surface area (Å²) in [5, 5.41) is 8.67. The molecule has 0 spiro atoms. The van der Waals surface area contributed by atoms with Crippen molar-refractivity contribution < 1.29 is 36.6 Å². The van der Waals surface area contributed by atoms with Crippen molar-refractivity contribution in [2.24, 2.45) is 0 Å². The Bertz CT molecular complexity index is 1360. The van der Waals surface area contributed by atoms with Crippen LogP contribution in [0.1, 0.15) is 24.0 Å². The van der Waals surface area contributed by atoms with Gasteiger partial charge in [0.15, 0.2) is 11.6 Å². The van der Waals surface area contributed by atoms with Crippen LogP contribution in [0.15, 0.2) is 60.7 Å². The minimum atomic E-state index is -3.66. The maximum absolute atomic E-state index is 13.7. The van der Waals surface area contributed by atoms with E-state index >= 15 is 0 Å². The fourth-order valence-corrected chi connectivity index (χ4v) is 5.58. The number of hydrogen-bond acceptors (Lipinski definition) is 5. The van der Waals surface area contributed by atoms with Gasteiger partial charge in [-0.05, 0) is 47.7 Å². The molecule has 3 aromatic carbocycles. The summed E-state index contributed by atoms with van der Waals surface area (Å²) in [7, 11) is -2.28. The summed E-state index contributed by atoms with van der Waals surface area (Å²) < 4.78 is 64.5. The van der Waals surface area contributed by atoms with Crippen molar-refractivity contribution in [2.45, 2.75) is 31.2 Å². The van der Waals surface area contributed by atoms with Gasteiger partial charge >= 0.3 is 5.97 Å². The molecule has 4 rings (SSSR count). The van der Waals surface area contributed by atoms with Crippen molar-refractivity contribution in [3.63, 3.8) is 0 Å². The molecule has 0 amide bonds. The zero-order chi connectivity index (χ0) is 25.9. The Balaban J connectivity index is 1.43. The Morgan fingerprint density at radius 2 is 1.69 bits per heavy atom. The molecule has 1 saturated carbocycles. The van der Waals surface area contributed by atoms with Gasteiger partial charge < -0.3 is 14.6 Å². The van der Waals surface area contributed by atoms with E-state index in [1.807, 2.05) is 6.07 Å². The third kappa shape index (κ3) is 6.00. The minimum absolute atomic E-state index is 0.0380. The topological polar surface area (TPSA) is 93.1 Å². The van der Waals surface area contributed by atoms with Crippen LogP contribution in [0.2, 0.25) is 0 Å². The van der Waals surface area contributed by atoms with E-state index < -0.39 is 39.4 Å². The normalized spacial score (nSPS) is 13.6. The largest absolute Gasteiger partial charge is 0.496 e. The predicted molar refractivity (Wildman–Crippen MR) is 129 cm³/mol. The van der Waals surface area contributed by atoms with Crippen LogP contribution in [0.5, 0.6) is 11.5 Å². The lowest BCUT2D eigenvalue weighted by atomic mass is 10.0. The molecule has 3 aromatic rings. The molecule has 10 heteroatoms. The smallest absolute Gasteiger partial charge is 0.318 e. The zero-order valence-electron chi connectivity index (χ0n) is 19.5. The number of carboxylic acid groups (broad SMARTS) is 1. The van der Waals surface area contributed by atoms with E-state index in [0.717, 1.165) is 22.0 Å². The highest BCUT2D eigenvalue weighted by Gasteiger charge is 2.40. The van der Waals surface area contributed by atoms with E-state index in [-0.39, 0.29) is 18.9 Å². The van der Waals surface area contributed by atoms with Gasteiger partial charge in [0.05, 0.1) is 12.4 Å². The SMILES string of the molecule is COc1cc(F)c(F)cc1-c1ccc(OCc2cccc(CN(CC(=O)O)S(=O)(=O)C3CC3)c2)cc1. The summed E-state index contributed by atoms with van der Waals surface area (Å²) in [4.78, 5) is 11.2. The second-order valence-electron chi connectivity index (χ2n) is 8.51. The van der Waals surface area contributed by atoms with Crippen LogP contribution in [-0.2, 0) is 28.0 Å². The van der Waals surface area contributed by atoms with Crippen LogP contribution >= 0.6 is 0 Å². The van der Waals surface area contributed by atoms with Gasteiger partial charge in [-0.1, -0.05) is 36.4 Å². The molecule has 7 nitrogen and oxygen atoms in total. The number of benzene rings is 3. The van der Waals surface area contributed by atoms with Gasteiger partial charge in [-0.3, -0.25) is 4.79 Å². The highest BCUT2D eigenvalue weighted by molar-refractivity contribution is 7.90. The highest BCUT2D eigenvalue weighted by Crippen LogP contribution is 2.33. The molecule has 0 radical (unpaired) electrons. The van der Waals surface area contributed by atoms with E-state index in [1.165, 1.54) is 7.11 Å². The van der Waals surface area contributed by atoms with Crippen LogP contribution in [0.4, 0.5) is 8.78 Å². The Kier molecular flexibility index (Phi) is 7.56. The number of aliphatic carboxylic acids is 1. The monoisotopic (exact) mass is 517 g/mol. The lowest BCUT2D eigenvalue weighted by molar-refractivity contribution is -0.137. The molecule has 1 aliphatic carbocycles. The molecular formula is C26H25F2NO6S. The first-order chi connectivity index (χ1) is 17.2. The first-order valence-electron chi connectivity index (χ1n) is 11.2. The molecule has 0 bridgehead atoms. The average molecular weight is 518 g/mol. The highest BCUT2D eigenvalue weighted by atomic mass is 32.2. The molecule has 190 valence electrons. The third-order valence-electron chi connectivity index (χ3n) is 5.78. The van der Waals surface area contributed by atoms with Gasteiger partial charge in [0.1, 0.15) is 24.7 Å². The number of sulfonamides is 1. The molecule has 0 atom stereocenters. The van der Waals surface area contributed by atoms with Gasteiger partial charge in [0.2, 0.25) is 10.0 Å². The van der Waals surface area contributed by atoms with Crippen molar-refractivity contribution in [3.05, 3.63) is 83.4 Å². The molecule has 0 heterocycles. The van der Waals surface area contributed by atoms with Crippen LogP contribution in [0, 0.1) is 11.6 Å². The van der Waals surface area contributed by atoms with E-state index in [1.54, 1.807) is 42.5 Å². The molecule has 0 saturated heterocycles. The van der Waals surface area contributed by atoms with Crippen LogP contribution in [0.25, 0.3) is 11.1 Å². The van der Waals surface area contributed by atoms with Gasteiger partial charge in [-0.2, -0.15) is 4.31 Å². The van der Waals surface area contributed by atoms with Gasteiger partial charge in [-0.15, -0.1) is 0 Å². The molecule has 1 fully saturated rings. The van der Waals surface area contributed by atoms with Gasteiger partial charge in [0.25, 0.3) is 0 Å². The van der Waals surface area contributed by atoms with E-state index in [4.69, 9.17) is 9.47 Å². The first kappa shape index (κ1) is 25.6. The number of methoxy groups -OCH3 is 1. The summed E-state index contributed by atoms with van der Waals surface area (Å²) in [5.41, 5.74) is 2.46. The molecule has 36 heavy (non-hydrogen) atoms. The maximum atomic E-state index is 13.7. The molecule has 0 aliphatic heterocycles. The van der Waals surface area contributed by atoms with Crippen LogP contribution in [-0.4, -0.2) is 42.7 Å². The quantitative estimate of drug-likeness (QED) is 0.400. The predicted octanol–water partition coefficient (Wildman–Crippen LogP) is 4.60. The number of carboxylic acids is 1. The summed E-state index contributed by atoms with van der Waals surface area (Å²) in [6, 6.07) is 16.0. The molecule has 0 unspecified atom stereocenters. The third-order valence-corrected chi connectivity index (χ3v) is 8.07. The second-order valence-corrected chi connectivity index (χ2v) is 10.7. The van der Waals surface area contributed by atoms with Gasteiger partial charge in [-0.25, -0.2) is 17.2 Å². The zero-order valence-corrected chi connectivity index (χ0v) is 20.3. The lowest BCUT2D eigenvalue weighted by Crippen LogP contribution is -2.37. The lowest BCUT2D eigenvalue weighted by Gasteiger charge is -2.20. The van der Waals surface area contributed by atoms with E-state index in [9.17, 15) is 27.1 Å². The standard InChI is InChI=1S/C26H25F2NO6S/c1-34-25-13-24(28)23(27)12-22(25)19-5-7-20(8-6-19)35-16-18-4-2-3-17(11-18)14-29(15-26(30)31)36(32,33)21-9-10-21/h2-8,11-13,21H,9-10,14-16H2,1H3,(H,30,31). The molecule has 0 aromatic heterocycles. The van der Waals surface area contributed by atoms with Gasteiger partial charge in [0, 0.05) is 18.2 Å². The summed E-state index contributed by atoms with van der Waals surface area (Å²) in [5.74, 6) is -2.43. The Labute approximate surface area is 207 Å². The fraction of sp³-hybridized carbons (Fsp3) is 0.269. The van der Waals surface area contributed by atoms with Crippen LogP contribution in [0.3, 0.4) is 0 Å². The number of halogens is 2. The Morgan fingerprint density at radius 1 is 1.03 bits per heavy atom. The molecule has 1 N–H and O–H groups in total. The van der Waals surface area contributed by atoms with Crippen molar-refractivity contribution in [3.8, 4) is 22.6 Å². The Morgan fingerprint density at radius 3 is 2.33 bits per heavy atom. The van der Waals surface area contributed by atoms with Crippen molar-refractivity contribution in [2.75, 3.05) is 13.7 Å². The Hall–Kier alpha value is -3.50. The van der Waals surface area contributed by atoms with Crippen molar-refractivity contribution in [1.29, 1.82) is 0 Å². The number of carbonyl (C=O) groups is 1. The van der Waals surface area contributed by atoms with Crippen molar-refractivity contribution >= 4 is 16.0 Å². The minimum Gasteiger partial charge on any atom is -0.496 e. The number of ether oxygens (including phenoxy) is 2. The second kappa shape index (κ2) is 10.6. The maximum Gasteiger partial charge on any atom is 0.318 e. The summed E-state index contributed by atoms with van der Waals surface area (Å²) in [6.07, 6.45) is 1.10. The number of nitrogens with zero attached hydrogens (tertiary/aromatic N) is 1. The average Bonchev–Trinajstić information content (AvgIpc) is 3.70. The van der Waals surface area contributed by atoms with Crippen molar-refractivity contribution in [1.82, 2.24) is 4.31 Å². The first-order valence-corrected chi connectivity index (χ1v) is 12.7. The molecule has 1 aliphatic rings. The summed E-state index contributed by atoms with van der Waals surface area (Å²) in [6.45, 7) is -0.436. The van der Waals surface area contributed by atoms with E-state index in [2.05, 4.69) is 0 Å². The van der Waals surface area contributed by atoms with Crippen LogP contribution < -0.4 is 9.47 Å². The fourth-order valence-electron chi connectivity index (χ4n) is 3.81. The number of hydrogen-bond donors (Lipinski definition) is 1.